The van der Waals surface area contributed by atoms with Gasteiger partial charge in [-0.1, -0.05) is 6.08 Å². The van der Waals surface area contributed by atoms with Crippen LogP contribution in [0, 0.1) is 0 Å². The highest BCUT2D eigenvalue weighted by atomic mass is 16.5. The van der Waals surface area contributed by atoms with E-state index in [1.807, 2.05) is 6.08 Å². The van der Waals surface area contributed by atoms with Gasteiger partial charge in [0.25, 0.3) is 0 Å². The molecule has 1 rings (SSSR count). The van der Waals surface area contributed by atoms with E-state index >= 15 is 0 Å². The van der Waals surface area contributed by atoms with Crippen molar-refractivity contribution >= 4 is 0 Å². The van der Waals surface area contributed by atoms with Gasteiger partial charge in [-0.3, -0.25) is 0 Å². The van der Waals surface area contributed by atoms with E-state index in [1.165, 1.54) is 0 Å². The van der Waals surface area contributed by atoms with Gasteiger partial charge in [-0.25, -0.2) is 0 Å². The van der Waals surface area contributed by atoms with Crippen LogP contribution in [0.15, 0.2) is 12.7 Å². The van der Waals surface area contributed by atoms with Gasteiger partial charge in [0.05, 0.1) is 5.60 Å². The Bertz CT molecular complexity index is 164. The van der Waals surface area contributed by atoms with Crippen LogP contribution in [0.3, 0.4) is 0 Å². The minimum atomic E-state index is -0.188. The SMILES string of the molecule is C=CCC(N)C1(OC)CCOCC1. The Kier molecular flexibility index (Phi) is 3.90. The van der Waals surface area contributed by atoms with Crippen molar-refractivity contribution in [1.29, 1.82) is 0 Å². The van der Waals surface area contributed by atoms with E-state index in [1.54, 1.807) is 7.11 Å². The molecule has 1 fully saturated rings. The smallest absolute Gasteiger partial charge is 0.0875 e. The zero-order valence-corrected chi connectivity index (χ0v) is 8.29. The van der Waals surface area contributed by atoms with E-state index in [4.69, 9.17) is 15.2 Å². The van der Waals surface area contributed by atoms with Gasteiger partial charge in [0.15, 0.2) is 0 Å². The molecule has 0 aromatic rings. The van der Waals surface area contributed by atoms with Gasteiger partial charge in [0, 0.05) is 39.2 Å². The van der Waals surface area contributed by atoms with Crippen LogP contribution >= 0.6 is 0 Å². The summed E-state index contributed by atoms with van der Waals surface area (Å²) < 4.78 is 10.8. The van der Waals surface area contributed by atoms with Crippen molar-refractivity contribution in [2.24, 2.45) is 5.73 Å². The molecule has 1 heterocycles. The Morgan fingerprint density at radius 1 is 1.62 bits per heavy atom. The molecule has 0 aliphatic carbocycles. The maximum atomic E-state index is 6.05. The third-order valence-corrected chi connectivity index (χ3v) is 2.84. The number of methoxy groups -OCH3 is 1. The quantitative estimate of drug-likeness (QED) is 0.667. The molecule has 0 radical (unpaired) electrons. The maximum absolute atomic E-state index is 6.05. The van der Waals surface area contributed by atoms with E-state index in [0.29, 0.717) is 0 Å². The number of nitrogens with two attached hydrogens (primary N) is 1. The Balaban J connectivity index is 2.60. The first-order chi connectivity index (χ1) is 6.25. The molecule has 1 atom stereocenters. The van der Waals surface area contributed by atoms with Crippen molar-refractivity contribution in [2.75, 3.05) is 20.3 Å². The predicted molar refractivity (Wildman–Crippen MR) is 52.6 cm³/mol. The molecule has 1 unspecified atom stereocenters. The summed E-state index contributed by atoms with van der Waals surface area (Å²) in [4.78, 5) is 0. The largest absolute Gasteiger partial charge is 0.381 e. The summed E-state index contributed by atoms with van der Waals surface area (Å²) in [5.74, 6) is 0. The lowest BCUT2D eigenvalue weighted by Gasteiger charge is -2.40. The second-order valence-electron chi connectivity index (χ2n) is 3.51. The first-order valence-electron chi connectivity index (χ1n) is 4.74. The molecule has 1 aliphatic rings. The summed E-state index contributed by atoms with van der Waals surface area (Å²) in [6.45, 7) is 5.19. The van der Waals surface area contributed by atoms with Gasteiger partial charge < -0.3 is 15.2 Å². The average Bonchev–Trinajstić information content (AvgIpc) is 2.19. The summed E-state index contributed by atoms with van der Waals surface area (Å²) in [6, 6.07) is 0.0406. The molecule has 0 aromatic heterocycles. The first-order valence-corrected chi connectivity index (χ1v) is 4.74. The summed E-state index contributed by atoms with van der Waals surface area (Å²) in [5.41, 5.74) is 5.86. The molecule has 3 heteroatoms. The van der Waals surface area contributed by atoms with E-state index in [9.17, 15) is 0 Å². The Morgan fingerprint density at radius 2 is 2.23 bits per heavy atom. The van der Waals surface area contributed by atoms with Gasteiger partial charge in [-0.2, -0.15) is 0 Å². The molecule has 1 saturated heterocycles. The van der Waals surface area contributed by atoms with Crippen LogP contribution in [-0.2, 0) is 9.47 Å². The zero-order valence-electron chi connectivity index (χ0n) is 8.29. The number of rotatable bonds is 4. The van der Waals surface area contributed by atoms with Crippen molar-refractivity contribution in [1.82, 2.24) is 0 Å². The molecule has 0 saturated carbocycles. The van der Waals surface area contributed by atoms with E-state index < -0.39 is 0 Å². The summed E-state index contributed by atoms with van der Waals surface area (Å²) >= 11 is 0. The Morgan fingerprint density at radius 3 is 2.69 bits per heavy atom. The summed E-state index contributed by atoms with van der Waals surface area (Å²) in [5, 5.41) is 0. The van der Waals surface area contributed by atoms with Crippen LogP contribution in [0.5, 0.6) is 0 Å². The van der Waals surface area contributed by atoms with E-state index in [2.05, 4.69) is 6.58 Å². The standard InChI is InChI=1S/C10H19NO2/c1-3-4-9(11)10(12-2)5-7-13-8-6-10/h3,9H,1,4-8,11H2,2H3. The molecule has 0 bridgehead atoms. The fourth-order valence-electron chi connectivity index (χ4n) is 1.84. The van der Waals surface area contributed by atoms with Crippen LogP contribution in [0.2, 0.25) is 0 Å². The second kappa shape index (κ2) is 4.74. The Labute approximate surface area is 79.9 Å². The van der Waals surface area contributed by atoms with Gasteiger partial charge in [0.1, 0.15) is 0 Å². The van der Waals surface area contributed by atoms with Gasteiger partial charge in [-0.15, -0.1) is 6.58 Å². The summed E-state index contributed by atoms with van der Waals surface area (Å²) in [6.07, 6.45) is 4.42. The van der Waals surface area contributed by atoms with Gasteiger partial charge in [0.2, 0.25) is 0 Å². The lowest BCUT2D eigenvalue weighted by atomic mass is 9.85. The zero-order chi connectivity index (χ0) is 9.73. The average molecular weight is 185 g/mol. The lowest BCUT2D eigenvalue weighted by Crippen LogP contribution is -2.52. The molecule has 3 nitrogen and oxygen atoms in total. The Hall–Kier alpha value is -0.380. The fourth-order valence-corrected chi connectivity index (χ4v) is 1.84. The van der Waals surface area contributed by atoms with Crippen molar-refractivity contribution in [3.8, 4) is 0 Å². The molecule has 2 N–H and O–H groups in total. The normalized spacial score (nSPS) is 23.8. The van der Waals surface area contributed by atoms with Gasteiger partial charge >= 0.3 is 0 Å². The third kappa shape index (κ3) is 2.30. The molecule has 76 valence electrons. The molecule has 0 spiro atoms. The number of ether oxygens (including phenoxy) is 2. The van der Waals surface area contributed by atoms with Crippen molar-refractivity contribution in [3.05, 3.63) is 12.7 Å². The second-order valence-corrected chi connectivity index (χ2v) is 3.51. The van der Waals surface area contributed by atoms with Crippen molar-refractivity contribution in [2.45, 2.75) is 30.9 Å². The van der Waals surface area contributed by atoms with E-state index in [0.717, 1.165) is 32.5 Å². The van der Waals surface area contributed by atoms with E-state index in [-0.39, 0.29) is 11.6 Å². The molecule has 1 aliphatic heterocycles. The van der Waals surface area contributed by atoms with Crippen LogP contribution in [0.4, 0.5) is 0 Å². The first kappa shape index (κ1) is 10.7. The molecule has 0 amide bonds. The number of hydrogen-bond acceptors (Lipinski definition) is 3. The minimum Gasteiger partial charge on any atom is -0.381 e. The highest BCUT2D eigenvalue weighted by Gasteiger charge is 2.37. The molecule has 13 heavy (non-hydrogen) atoms. The highest BCUT2D eigenvalue weighted by Crippen LogP contribution is 2.28. The predicted octanol–water partition coefficient (Wildman–Crippen LogP) is 1.09. The van der Waals surface area contributed by atoms with Crippen LogP contribution < -0.4 is 5.73 Å². The number of hydrogen-bond donors (Lipinski definition) is 1. The summed E-state index contributed by atoms with van der Waals surface area (Å²) in [7, 11) is 1.73. The van der Waals surface area contributed by atoms with Gasteiger partial charge in [-0.05, 0) is 6.42 Å². The van der Waals surface area contributed by atoms with Crippen molar-refractivity contribution < 1.29 is 9.47 Å². The monoisotopic (exact) mass is 185 g/mol. The molecular formula is C10H19NO2. The fraction of sp³-hybridized carbons (Fsp3) is 0.800. The highest BCUT2D eigenvalue weighted by molar-refractivity contribution is 4.95. The molecule has 0 aromatic carbocycles. The lowest BCUT2D eigenvalue weighted by molar-refractivity contribution is -0.103. The maximum Gasteiger partial charge on any atom is 0.0875 e. The third-order valence-electron chi connectivity index (χ3n) is 2.84. The van der Waals surface area contributed by atoms with Crippen molar-refractivity contribution in [3.63, 3.8) is 0 Å². The van der Waals surface area contributed by atoms with Crippen LogP contribution in [-0.4, -0.2) is 32.0 Å². The van der Waals surface area contributed by atoms with Crippen LogP contribution in [0.25, 0.3) is 0 Å². The molecular weight excluding hydrogens is 166 g/mol. The minimum absolute atomic E-state index is 0.0406. The van der Waals surface area contributed by atoms with Crippen LogP contribution in [0.1, 0.15) is 19.3 Å². The topological polar surface area (TPSA) is 44.5 Å².